The molecule has 0 saturated carbocycles. The molecule has 0 amide bonds. The Morgan fingerprint density at radius 2 is 1.54 bits per heavy atom. The van der Waals surface area contributed by atoms with Crippen LogP contribution in [0.1, 0.15) is 51.5 Å². The molecule has 0 aliphatic carbocycles. The van der Waals surface area contributed by atoms with Gasteiger partial charge in [0, 0.05) is 11.1 Å². The third-order valence-electron chi connectivity index (χ3n) is 4.27. The molecular formula is C21H24ClF3O. The number of hydrogen-bond acceptors (Lipinski definition) is 1. The number of halogens is 4. The van der Waals surface area contributed by atoms with Crippen LogP contribution >= 0.6 is 11.6 Å². The fourth-order valence-electron chi connectivity index (χ4n) is 2.82. The lowest BCUT2D eigenvalue weighted by Crippen LogP contribution is -2.02. The summed E-state index contributed by atoms with van der Waals surface area (Å²) in [6.07, 6.45) is 5.24. The van der Waals surface area contributed by atoms with Crippen molar-refractivity contribution in [2.75, 3.05) is 6.61 Å². The van der Waals surface area contributed by atoms with Gasteiger partial charge in [-0.05, 0) is 30.5 Å². The summed E-state index contributed by atoms with van der Waals surface area (Å²) >= 11 is 6.07. The molecule has 2 aromatic rings. The first-order chi connectivity index (χ1) is 12.5. The third kappa shape index (κ3) is 4.73. The van der Waals surface area contributed by atoms with Crippen molar-refractivity contribution in [2.45, 2.75) is 52.4 Å². The molecule has 0 N–H and O–H groups in total. The normalized spacial score (nSPS) is 11.0. The van der Waals surface area contributed by atoms with Gasteiger partial charge in [0.05, 0.1) is 11.6 Å². The number of ether oxygens (including phenoxy) is 1. The molecule has 0 heterocycles. The quantitative estimate of drug-likeness (QED) is 0.411. The van der Waals surface area contributed by atoms with E-state index in [4.69, 9.17) is 16.3 Å². The Balaban J connectivity index is 2.24. The number of rotatable bonds is 9. The summed E-state index contributed by atoms with van der Waals surface area (Å²) in [5, 5.41) is -0.192. The maximum Gasteiger partial charge on any atom is 0.201 e. The van der Waals surface area contributed by atoms with Crippen molar-refractivity contribution in [1.82, 2.24) is 0 Å². The molecule has 1 nitrogen and oxygen atoms in total. The molecule has 0 aliphatic rings. The number of hydrogen-bond donors (Lipinski definition) is 0. The molecule has 0 saturated heterocycles. The van der Waals surface area contributed by atoms with E-state index in [0.29, 0.717) is 18.6 Å². The fourth-order valence-corrected chi connectivity index (χ4v) is 3.11. The lowest BCUT2D eigenvalue weighted by atomic mass is 10.0. The minimum Gasteiger partial charge on any atom is -0.490 e. The highest BCUT2D eigenvalue weighted by Gasteiger charge is 2.20. The van der Waals surface area contributed by atoms with Crippen LogP contribution in [0.2, 0.25) is 5.02 Å². The van der Waals surface area contributed by atoms with Gasteiger partial charge in [0.25, 0.3) is 0 Å². The van der Waals surface area contributed by atoms with Crippen molar-refractivity contribution >= 4 is 11.6 Å². The average molecular weight is 385 g/mol. The maximum atomic E-state index is 14.5. The van der Waals surface area contributed by atoms with Gasteiger partial charge in [-0.2, -0.15) is 4.39 Å². The molecule has 26 heavy (non-hydrogen) atoms. The second-order valence-electron chi connectivity index (χ2n) is 6.30. The Labute approximate surface area is 158 Å². The summed E-state index contributed by atoms with van der Waals surface area (Å²) in [6.45, 7) is 4.35. The number of benzene rings is 2. The van der Waals surface area contributed by atoms with Crippen LogP contribution in [-0.4, -0.2) is 6.61 Å². The standard InChI is InChI=1S/C21H24ClF3O/c1-3-5-6-7-13-26-17-12-11-16(20(24)21(17)25)15-10-9-14(8-4-2)19(23)18(15)22/h9-12H,3-8,13H2,1-2H3. The molecule has 0 aromatic heterocycles. The molecule has 5 heteroatoms. The topological polar surface area (TPSA) is 9.23 Å². The molecule has 0 fully saturated rings. The molecular weight excluding hydrogens is 361 g/mol. The van der Waals surface area contributed by atoms with E-state index < -0.39 is 17.5 Å². The van der Waals surface area contributed by atoms with Crippen molar-refractivity contribution in [3.8, 4) is 16.9 Å². The van der Waals surface area contributed by atoms with Crippen LogP contribution in [0.25, 0.3) is 11.1 Å². The van der Waals surface area contributed by atoms with Crippen LogP contribution in [0.15, 0.2) is 24.3 Å². The Kier molecular flexibility index (Phi) is 7.83. The second kappa shape index (κ2) is 9.86. The lowest BCUT2D eigenvalue weighted by Gasteiger charge is -2.13. The molecule has 2 rings (SSSR count). The molecule has 0 unspecified atom stereocenters. The molecule has 142 valence electrons. The van der Waals surface area contributed by atoms with E-state index in [2.05, 4.69) is 6.92 Å². The van der Waals surface area contributed by atoms with Gasteiger partial charge >= 0.3 is 0 Å². The zero-order chi connectivity index (χ0) is 19.1. The van der Waals surface area contributed by atoms with E-state index in [0.717, 1.165) is 32.1 Å². The van der Waals surface area contributed by atoms with Gasteiger partial charge in [0.15, 0.2) is 11.6 Å². The van der Waals surface area contributed by atoms with Gasteiger partial charge in [-0.25, -0.2) is 8.78 Å². The smallest absolute Gasteiger partial charge is 0.201 e. The van der Waals surface area contributed by atoms with E-state index in [1.54, 1.807) is 6.07 Å². The zero-order valence-electron chi connectivity index (χ0n) is 15.2. The van der Waals surface area contributed by atoms with E-state index in [9.17, 15) is 13.2 Å². The largest absolute Gasteiger partial charge is 0.490 e. The highest BCUT2D eigenvalue weighted by atomic mass is 35.5. The SMILES string of the molecule is CCCCCCOc1ccc(-c2ccc(CCC)c(F)c2Cl)c(F)c1F. The molecule has 0 bridgehead atoms. The van der Waals surface area contributed by atoms with E-state index in [1.807, 2.05) is 6.92 Å². The average Bonchev–Trinajstić information content (AvgIpc) is 2.63. The molecule has 0 aliphatic heterocycles. The van der Waals surface area contributed by atoms with Crippen LogP contribution in [0.3, 0.4) is 0 Å². The summed E-state index contributed by atoms with van der Waals surface area (Å²) in [5.41, 5.74) is 0.525. The summed E-state index contributed by atoms with van der Waals surface area (Å²) in [7, 11) is 0. The highest BCUT2D eigenvalue weighted by molar-refractivity contribution is 6.33. The third-order valence-corrected chi connectivity index (χ3v) is 4.64. The first-order valence-electron chi connectivity index (χ1n) is 9.09. The van der Waals surface area contributed by atoms with Crippen molar-refractivity contribution in [2.24, 2.45) is 0 Å². The lowest BCUT2D eigenvalue weighted by molar-refractivity contribution is 0.285. The van der Waals surface area contributed by atoms with E-state index in [1.165, 1.54) is 18.2 Å². The van der Waals surface area contributed by atoms with Crippen LogP contribution < -0.4 is 4.74 Å². The number of unbranched alkanes of at least 4 members (excludes halogenated alkanes) is 3. The Bertz CT molecular complexity index is 747. The van der Waals surface area contributed by atoms with Crippen LogP contribution in [-0.2, 0) is 6.42 Å². The number of aryl methyl sites for hydroxylation is 1. The van der Waals surface area contributed by atoms with Crippen molar-refractivity contribution in [1.29, 1.82) is 0 Å². The van der Waals surface area contributed by atoms with Crippen LogP contribution in [0.5, 0.6) is 5.75 Å². The van der Waals surface area contributed by atoms with Gasteiger partial charge in [0.2, 0.25) is 5.82 Å². The van der Waals surface area contributed by atoms with Crippen LogP contribution in [0.4, 0.5) is 13.2 Å². The monoisotopic (exact) mass is 384 g/mol. The molecule has 2 aromatic carbocycles. The summed E-state index contributed by atoms with van der Waals surface area (Å²) < 4.78 is 48.5. The second-order valence-corrected chi connectivity index (χ2v) is 6.68. The summed E-state index contributed by atoms with van der Waals surface area (Å²) in [4.78, 5) is 0. The van der Waals surface area contributed by atoms with Crippen molar-refractivity contribution < 1.29 is 17.9 Å². The maximum absolute atomic E-state index is 14.5. The molecule has 0 spiro atoms. The predicted octanol–water partition coefficient (Wildman–Crippen LogP) is 7.34. The molecule has 0 radical (unpaired) electrons. The fraction of sp³-hybridized carbons (Fsp3) is 0.429. The van der Waals surface area contributed by atoms with Crippen molar-refractivity contribution in [3.63, 3.8) is 0 Å². The first kappa shape index (κ1) is 20.6. The van der Waals surface area contributed by atoms with Gasteiger partial charge < -0.3 is 4.74 Å². The summed E-state index contributed by atoms with van der Waals surface area (Å²) in [6, 6.07) is 5.83. The van der Waals surface area contributed by atoms with Gasteiger partial charge in [0.1, 0.15) is 5.82 Å². The Morgan fingerprint density at radius 1 is 0.808 bits per heavy atom. The first-order valence-corrected chi connectivity index (χ1v) is 9.47. The zero-order valence-corrected chi connectivity index (χ0v) is 15.9. The van der Waals surface area contributed by atoms with Gasteiger partial charge in [-0.1, -0.05) is 63.3 Å². The molecule has 0 atom stereocenters. The van der Waals surface area contributed by atoms with Crippen molar-refractivity contribution in [3.05, 3.63) is 52.3 Å². The minimum atomic E-state index is -1.08. The van der Waals surface area contributed by atoms with E-state index in [-0.39, 0.29) is 21.9 Å². The van der Waals surface area contributed by atoms with Gasteiger partial charge in [-0.15, -0.1) is 0 Å². The van der Waals surface area contributed by atoms with Gasteiger partial charge in [-0.3, -0.25) is 0 Å². The Morgan fingerprint density at radius 3 is 2.23 bits per heavy atom. The minimum absolute atomic E-state index is 0.0761. The Hall–Kier alpha value is -1.68. The van der Waals surface area contributed by atoms with Crippen LogP contribution in [0, 0.1) is 17.5 Å². The highest BCUT2D eigenvalue weighted by Crippen LogP contribution is 2.36. The predicted molar refractivity (Wildman–Crippen MR) is 100 cm³/mol. The summed E-state index contributed by atoms with van der Waals surface area (Å²) in [5.74, 6) is -2.88. The van der Waals surface area contributed by atoms with E-state index >= 15 is 0 Å².